The van der Waals surface area contributed by atoms with Gasteiger partial charge in [0.1, 0.15) is 5.82 Å². The van der Waals surface area contributed by atoms with Gasteiger partial charge in [0.05, 0.1) is 21.5 Å². The minimum atomic E-state index is -0.565. The number of aromatic nitrogens is 2. The van der Waals surface area contributed by atoms with E-state index in [1.165, 1.54) is 24.3 Å². The molecule has 0 aliphatic heterocycles. The van der Waals surface area contributed by atoms with Crippen molar-refractivity contribution in [3.05, 3.63) is 70.0 Å². The number of aromatic amines is 1. The number of H-pyrrole nitrogens is 1. The molecule has 1 atom stereocenters. The average molecular weight is 311 g/mol. The first kappa shape index (κ1) is 14.7. The third kappa shape index (κ3) is 3.03. The summed E-state index contributed by atoms with van der Waals surface area (Å²) in [6.07, 6.45) is -0.565. The van der Waals surface area contributed by atoms with Crippen LogP contribution < -0.4 is 0 Å². The molecule has 2 aromatic carbocycles. The number of hydrogen-bond donors (Lipinski definition) is 1. The van der Waals surface area contributed by atoms with Gasteiger partial charge in [-0.3, -0.25) is 10.1 Å². The second-order valence-electron chi connectivity index (χ2n) is 4.99. The van der Waals surface area contributed by atoms with Crippen LogP contribution in [-0.2, 0) is 4.74 Å². The molecule has 0 unspecified atom stereocenters. The van der Waals surface area contributed by atoms with Crippen LogP contribution in [0.4, 0.5) is 5.69 Å². The number of nitro benzene ring substituents is 1. The number of carbonyl (C=O) groups is 1. The average Bonchev–Trinajstić information content (AvgIpc) is 2.99. The Morgan fingerprint density at radius 1 is 1.22 bits per heavy atom. The number of ether oxygens (including phenoxy) is 1. The minimum Gasteiger partial charge on any atom is -0.451 e. The first-order valence-electron chi connectivity index (χ1n) is 6.94. The number of imidazole rings is 1. The second-order valence-corrected chi connectivity index (χ2v) is 4.99. The molecule has 0 saturated heterocycles. The van der Waals surface area contributed by atoms with Crippen LogP contribution in [-0.4, -0.2) is 20.9 Å². The van der Waals surface area contributed by atoms with Crippen molar-refractivity contribution in [1.29, 1.82) is 0 Å². The molecule has 0 amide bonds. The maximum atomic E-state index is 12.1. The summed E-state index contributed by atoms with van der Waals surface area (Å²) >= 11 is 0. The second kappa shape index (κ2) is 5.88. The lowest BCUT2D eigenvalue weighted by atomic mass is 10.2. The summed E-state index contributed by atoms with van der Waals surface area (Å²) in [7, 11) is 0. The molecule has 0 radical (unpaired) electrons. The van der Waals surface area contributed by atoms with E-state index in [9.17, 15) is 14.9 Å². The number of hydrogen-bond acceptors (Lipinski definition) is 5. The van der Waals surface area contributed by atoms with Crippen LogP contribution in [0.1, 0.15) is 29.2 Å². The van der Waals surface area contributed by atoms with Gasteiger partial charge in [-0.15, -0.1) is 0 Å². The van der Waals surface area contributed by atoms with Crippen LogP contribution in [0.25, 0.3) is 11.0 Å². The summed E-state index contributed by atoms with van der Waals surface area (Å²) in [5, 5.41) is 10.6. The fourth-order valence-electron chi connectivity index (χ4n) is 2.17. The van der Waals surface area contributed by atoms with E-state index >= 15 is 0 Å². The minimum absolute atomic E-state index is 0.0770. The number of para-hydroxylation sites is 2. The summed E-state index contributed by atoms with van der Waals surface area (Å²) in [5.74, 6) is -0.0192. The van der Waals surface area contributed by atoms with Crippen molar-refractivity contribution in [2.45, 2.75) is 13.0 Å². The van der Waals surface area contributed by atoms with Gasteiger partial charge in [-0.25, -0.2) is 9.78 Å². The molecule has 1 N–H and O–H groups in total. The lowest BCUT2D eigenvalue weighted by Crippen LogP contribution is -2.10. The van der Waals surface area contributed by atoms with Crippen LogP contribution in [0.15, 0.2) is 48.5 Å². The van der Waals surface area contributed by atoms with Crippen molar-refractivity contribution < 1.29 is 14.5 Å². The molecule has 0 saturated carbocycles. The van der Waals surface area contributed by atoms with Gasteiger partial charge < -0.3 is 9.72 Å². The molecule has 0 aliphatic carbocycles. The number of fused-ring (bicyclic) bond motifs is 1. The van der Waals surface area contributed by atoms with Crippen LogP contribution in [0.5, 0.6) is 0 Å². The molecule has 0 bridgehead atoms. The number of esters is 1. The highest BCUT2D eigenvalue weighted by molar-refractivity contribution is 5.89. The maximum absolute atomic E-state index is 12.1. The van der Waals surface area contributed by atoms with E-state index in [1.54, 1.807) is 6.92 Å². The van der Waals surface area contributed by atoms with E-state index in [1.807, 2.05) is 24.3 Å². The highest BCUT2D eigenvalue weighted by atomic mass is 16.6. The van der Waals surface area contributed by atoms with Crippen molar-refractivity contribution in [2.24, 2.45) is 0 Å². The Bertz CT molecular complexity index is 837. The van der Waals surface area contributed by atoms with Gasteiger partial charge in [0, 0.05) is 12.1 Å². The Labute approximate surface area is 131 Å². The fourth-order valence-corrected chi connectivity index (χ4v) is 2.17. The molecule has 7 heteroatoms. The molecule has 0 fully saturated rings. The zero-order valence-corrected chi connectivity index (χ0v) is 12.2. The van der Waals surface area contributed by atoms with Crippen molar-refractivity contribution in [3.8, 4) is 0 Å². The number of carbonyl (C=O) groups excluding carboxylic acids is 1. The molecule has 3 rings (SSSR count). The molecule has 3 aromatic rings. The molecule has 116 valence electrons. The van der Waals surface area contributed by atoms with Crippen LogP contribution >= 0.6 is 0 Å². The van der Waals surface area contributed by atoms with E-state index in [-0.39, 0.29) is 11.3 Å². The largest absolute Gasteiger partial charge is 0.451 e. The van der Waals surface area contributed by atoms with Crippen molar-refractivity contribution in [1.82, 2.24) is 9.97 Å². The quantitative estimate of drug-likeness (QED) is 0.452. The van der Waals surface area contributed by atoms with Gasteiger partial charge >= 0.3 is 5.97 Å². The zero-order valence-electron chi connectivity index (χ0n) is 12.2. The molecular weight excluding hydrogens is 298 g/mol. The third-order valence-corrected chi connectivity index (χ3v) is 3.39. The SMILES string of the molecule is C[C@H](OC(=O)c1ccc([N+](=O)[O-])cc1)c1nc2ccccc2[nH]1. The Morgan fingerprint density at radius 2 is 1.91 bits per heavy atom. The number of non-ortho nitro benzene ring substituents is 1. The molecule has 0 spiro atoms. The van der Waals surface area contributed by atoms with Crippen LogP contribution in [0.2, 0.25) is 0 Å². The van der Waals surface area contributed by atoms with Crippen LogP contribution in [0, 0.1) is 10.1 Å². The molecule has 7 nitrogen and oxygen atoms in total. The number of rotatable bonds is 4. The van der Waals surface area contributed by atoms with Crippen LogP contribution in [0.3, 0.4) is 0 Å². The summed E-state index contributed by atoms with van der Waals surface area (Å²) in [6.45, 7) is 1.71. The topological polar surface area (TPSA) is 98.1 Å². The van der Waals surface area contributed by atoms with Gasteiger partial charge in [0.15, 0.2) is 6.10 Å². The van der Waals surface area contributed by atoms with Gasteiger partial charge in [0.25, 0.3) is 5.69 Å². The molecule has 1 aromatic heterocycles. The van der Waals surface area contributed by atoms with Crippen molar-refractivity contribution >= 4 is 22.7 Å². The number of nitrogens with one attached hydrogen (secondary N) is 1. The highest BCUT2D eigenvalue weighted by Gasteiger charge is 2.17. The van der Waals surface area contributed by atoms with Gasteiger partial charge in [-0.2, -0.15) is 0 Å². The molecule has 23 heavy (non-hydrogen) atoms. The highest BCUT2D eigenvalue weighted by Crippen LogP contribution is 2.20. The summed E-state index contributed by atoms with van der Waals surface area (Å²) in [4.78, 5) is 29.6. The lowest BCUT2D eigenvalue weighted by Gasteiger charge is -2.10. The molecule has 0 aliphatic rings. The Balaban J connectivity index is 1.74. The van der Waals surface area contributed by atoms with E-state index in [2.05, 4.69) is 9.97 Å². The first-order valence-corrected chi connectivity index (χ1v) is 6.94. The first-order chi connectivity index (χ1) is 11.0. The number of nitro groups is 1. The Hall–Kier alpha value is -3.22. The molecule has 1 heterocycles. The van der Waals surface area contributed by atoms with Crippen molar-refractivity contribution in [2.75, 3.05) is 0 Å². The monoisotopic (exact) mass is 311 g/mol. The standard InChI is InChI=1S/C16H13N3O4/c1-10(15-17-13-4-2-3-5-14(13)18-15)23-16(20)11-6-8-12(9-7-11)19(21)22/h2-10H,1H3,(H,17,18)/t10-/m0/s1. The van der Waals surface area contributed by atoms with Crippen molar-refractivity contribution in [3.63, 3.8) is 0 Å². The normalized spacial score (nSPS) is 12.0. The van der Waals surface area contributed by atoms with Gasteiger partial charge in [0.2, 0.25) is 0 Å². The predicted molar refractivity (Wildman–Crippen MR) is 83.0 cm³/mol. The maximum Gasteiger partial charge on any atom is 0.338 e. The molecular formula is C16H13N3O4. The summed E-state index contributed by atoms with van der Waals surface area (Å²) in [6, 6.07) is 12.8. The van der Waals surface area contributed by atoms with E-state index < -0.39 is 17.0 Å². The Morgan fingerprint density at radius 3 is 2.57 bits per heavy atom. The van der Waals surface area contributed by atoms with E-state index in [4.69, 9.17) is 4.74 Å². The Kier molecular flexibility index (Phi) is 3.76. The van der Waals surface area contributed by atoms with Gasteiger partial charge in [-0.05, 0) is 31.2 Å². The number of benzene rings is 2. The van der Waals surface area contributed by atoms with Gasteiger partial charge in [-0.1, -0.05) is 12.1 Å². The fraction of sp³-hybridized carbons (Fsp3) is 0.125. The lowest BCUT2D eigenvalue weighted by molar-refractivity contribution is -0.384. The third-order valence-electron chi connectivity index (χ3n) is 3.39. The zero-order chi connectivity index (χ0) is 16.4. The predicted octanol–water partition coefficient (Wildman–Crippen LogP) is 3.39. The summed E-state index contributed by atoms with van der Waals surface area (Å²) < 4.78 is 5.35. The summed E-state index contributed by atoms with van der Waals surface area (Å²) in [5.41, 5.74) is 1.83. The number of nitrogens with zero attached hydrogens (tertiary/aromatic N) is 2. The van der Waals surface area contributed by atoms with E-state index in [0.29, 0.717) is 5.82 Å². The van der Waals surface area contributed by atoms with E-state index in [0.717, 1.165) is 11.0 Å². The smallest absolute Gasteiger partial charge is 0.338 e.